The zero-order chi connectivity index (χ0) is 22.8. The Hall–Kier alpha value is -3.42. The third kappa shape index (κ3) is 5.39. The highest BCUT2D eigenvalue weighted by molar-refractivity contribution is 6.04. The molecule has 0 aromatic heterocycles. The van der Waals surface area contributed by atoms with E-state index in [-0.39, 0.29) is 17.3 Å². The number of hydrogen-bond donors (Lipinski definition) is 1. The molecule has 0 spiro atoms. The molecule has 0 heterocycles. The first-order valence-electron chi connectivity index (χ1n) is 10.2. The standard InChI is InChI=1S/C23H27N3O5/c1-23(2,3)31-22(28)25(4)20-10-6-7-15-11-12-17(14-19(15)20)24-21(27)16-8-5-9-18(13-16)26(29)30/h5,8-9,11-14,20H,6-7,10H2,1-4H3,(H,24,27). The van der Waals surface area contributed by atoms with Crippen molar-refractivity contribution in [1.82, 2.24) is 4.90 Å². The van der Waals surface area contributed by atoms with Gasteiger partial charge in [0.25, 0.3) is 11.6 Å². The largest absolute Gasteiger partial charge is 0.444 e. The van der Waals surface area contributed by atoms with Gasteiger partial charge in [0, 0.05) is 30.4 Å². The number of benzene rings is 2. The predicted octanol–water partition coefficient (Wildman–Crippen LogP) is 5.09. The average Bonchev–Trinajstić information content (AvgIpc) is 2.71. The van der Waals surface area contributed by atoms with Crippen molar-refractivity contribution in [2.45, 2.75) is 51.7 Å². The van der Waals surface area contributed by atoms with Gasteiger partial charge in [-0.2, -0.15) is 0 Å². The molecule has 2 aromatic rings. The van der Waals surface area contributed by atoms with Gasteiger partial charge in [0.15, 0.2) is 0 Å². The van der Waals surface area contributed by atoms with Crippen molar-refractivity contribution < 1.29 is 19.2 Å². The number of ether oxygens (including phenoxy) is 1. The minimum atomic E-state index is -0.586. The predicted molar refractivity (Wildman–Crippen MR) is 117 cm³/mol. The third-order valence-electron chi connectivity index (χ3n) is 5.15. The van der Waals surface area contributed by atoms with Crippen LogP contribution in [0.2, 0.25) is 0 Å². The molecule has 3 rings (SSSR count). The molecule has 0 saturated heterocycles. The second-order valence-electron chi connectivity index (χ2n) is 8.67. The fourth-order valence-corrected chi connectivity index (χ4v) is 3.68. The second-order valence-corrected chi connectivity index (χ2v) is 8.67. The van der Waals surface area contributed by atoms with E-state index in [1.165, 1.54) is 24.3 Å². The first-order valence-corrected chi connectivity index (χ1v) is 10.2. The Kier molecular flexibility index (Phi) is 6.29. The molecule has 2 aromatic carbocycles. The zero-order valence-corrected chi connectivity index (χ0v) is 18.2. The maximum absolute atomic E-state index is 12.6. The number of nitrogens with one attached hydrogen (secondary N) is 1. The van der Waals surface area contributed by atoms with Crippen LogP contribution < -0.4 is 5.32 Å². The van der Waals surface area contributed by atoms with Crippen molar-refractivity contribution >= 4 is 23.4 Å². The highest BCUT2D eigenvalue weighted by Crippen LogP contribution is 2.36. The van der Waals surface area contributed by atoms with Crippen molar-refractivity contribution in [2.75, 3.05) is 12.4 Å². The molecule has 31 heavy (non-hydrogen) atoms. The quantitative estimate of drug-likeness (QED) is 0.543. The molecule has 0 fully saturated rings. The Morgan fingerprint density at radius 3 is 2.61 bits per heavy atom. The van der Waals surface area contributed by atoms with Gasteiger partial charge in [-0.15, -0.1) is 0 Å². The van der Waals surface area contributed by atoms with Gasteiger partial charge in [-0.1, -0.05) is 12.1 Å². The maximum atomic E-state index is 12.6. The molecule has 164 valence electrons. The number of carbonyl (C=O) groups excluding carboxylic acids is 2. The van der Waals surface area contributed by atoms with Crippen LogP contribution in [0.15, 0.2) is 42.5 Å². The third-order valence-corrected chi connectivity index (χ3v) is 5.15. The topological polar surface area (TPSA) is 102 Å². The number of aryl methyl sites for hydroxylation is 1. The van der Waals surface area contributed by atoms with Gasteiger partial charge in [-0.25, -0.2) is 4.79 Å². The number of nitrogens with zero attached hydrogens (tertiary/aromatic N) is 2. The van der Waals surface area contributed by atoms with Crippen LogP contribution in [-0.4, -0.2) is 34.5 Å². The molecule has 1 N–H and O–H groups in total. The Labute approximate surface area is 181 Å². The van der Waals surface area contributed by atoms with Gasteiger partial charge < -0.3 is 15.0 Å². The molecule has 1 unspecified atom stereocenters. The molecule has 0 bridgehead atoms. The van der Waals surface area contributed by atoms with E-state index in [4.69, 9.17) is 4.74 Å². The van der Waals surface area contributed by atoms with Gasteiger partial charge in [-0.05, 0) is 69.4 Å². The number of hydrogen-bond acceptors (Lipinski definition) is 5. The first-order chi connectivity index (χ1) is 14.5. The number of rotatable bonds is 4. The van der Waals surface area contributed by atoms with Crippen molar-refractivity contribution in [3.63, 3.8) is 0 Å². The van der Waals surface area contributed by atoms with Crippen LogP contribution in [0.1, 0.15) is 61.1 Å². The monoisotopic (exact) mass is 425 g/mol. The fraction of sp³-hybridized carbons (Fsp3) is 0.391. The van der Waals surface area contributed by atoms with Gasteiger partial charge in [-0.3, -0.25) is 14.9 Å². The number of nitro benzene ring substituents is 1. The molecular formula is C23H27N3O5. The summed E-state index contributed by atoms with van der Waals surface area (Å²) in [4.78, 5) is 37.2. The summed E-state index contributed by atoms with van der Waals surface area (Å²) in [6.07, 6.45) is 2.25. The summed E-state index contributed by atoms with van der Waals surface area (Å²) in [5.74, 6) is -0.434. The van der Waals surface area contributed by atoms with E-state index in [2.05, 4.69) is 5.32 Å². The van der Waals surface area contributed by atoms with E-state index in [0.717, 1.165) is 30.4 Å². The Bertz CT molecular complexity index is 1010. The van der Waals surface area contributed by atoms with Crippen LogP contribution in [0, 0.1) is 10.1 Å². The summed E-state index contributed by atoms with van der Waals surface area (Å²) in [6.45, 7) is 5.49. The molecule has 2 amide bonds. The summed E-state index contributed by atoms with van der Waals surface area (Å²) >= 11 is 0. The van der Waals surface area contributed by atoms with Crippen molar-refractivity contribution in [1.29, 1.82) is 0 Å². The minimum absolute atomic E-state index is 0.142. The Morgan fingerprint density at radius 2 is 1.94 bits per heavy atom. The van der Waals surface area contributed by atoms with E-state index in [1.54, 1.807) is 11.9 Å². The number of fused-ring (bicyclic) bond motifs is 1. The number of nitro groups is 1. The lowest BCUT2D eigenvalue weighted by Crippen LogP contribution is -2.37. The van der Waals surface area contributed by atoms with Gasteiger partial charge in [0.2, 0.25) is 0 Å². The molecule has 0 saturated carbocycles. The average molecular weight is 425 g/mol. The summed E-state index contributed by atoms with van der Waals surface area (Å²) in [5, 5.41) is 13.8. The lowest BCUT2D eigenvalue weighted by molar-refractivity contribution is -0.384. The van der Waals surface area contributed by atoms with Gasteiger partial charge in [0.05, 0.1) is 11.0 Å². The van der Waals surface area contributed by atoms with Crippen LogP contribution in [0.25, 0.3) is 0 Å². The van der Waals surface area contributed by atoms with Gasteiger partial charge in [0.1, 0.15) is 5.60 Å². The van der Waals surface area contributed by atoms with Crippen LogP contribution in [0.3, 0.4) is 0 Å². The Morgan fingerprint density at radius 1 is 1.19 bits per heavy atom. The number of non-ortho nitro benzene ring substituents is 1. The smallest absolute Gasteiger partial charge is 0.410 e. The molecule has 1 aliphatic carbocycles. The highest BCUT2D eigenvalue weighted by Gasteiger charge is 2.30. The van der Waals surface area contributed by atoms with E-state index in [1.807, 2.05) is 39.0 Å². The van der Waals surface area contributed by atoms with E-state index in [0.29, 0.717) is 5.69 Å². The van der Waals surface area contributed by atoms with Crippen molar-refractivity contribution in [3.05, 3.63) is 69.3 Å². The molecular weight excluding hydrogens is 398 g/mol. The van der Waals surface area contributed by atoms with E-state index in [9.17, 15) is 19.7 Å². The highest BCUT2D eigenvalue weighted by atomic mass is 16.6. The maximum Gasteiger partial charge on any atom is 0.410 e. The molecule has 0 aliphatic heterocycles. The molecule has 8 nitrogen and oxygen atoms in total. The van der Waals surface area contributed by atoms with Crippen LogP contribution >= 0.6 is 0 Å². The zero-order valence-electron chi connectivity index (χ0n) is 18.2. The summed E-state index contributed by atoms with van der Waals surface area (Å²) in [5.41, 5.74) is 2.14. The first kappa shape index (κ1) is 22.3. The van der Waals surface area contributed by atoms with E-state index < -0.39 is 22.5 Å². The fourth-order valence-electron chi connectivity index (χ4n) is 3.68. The summed E-state index contributed by atoms with van der Waals surface area (Å²) < 4.78 is 5.51. The normalized spacial score (nSPS) is 15.5. The second kappa shape index (κ2) is 8.75. The lowest BCUT2D eigenvalue weighted by Gasteiger charge is -2.34. The lowest BCUT2D eigenvalue weighted by atomic mass is 9.86. The number of anilines is 1. The number of carbonyl (C=O) groups is 2. The van der Waals surface area contributed by atoms with Crippen LogP contribution in [0.4, 0.5) is 16.2 Å². The minimum Gasteiger partial charge on any atom is -0.444 e. The number of amides is 2. The van der Waals surface area contributed by atoms with Crippen molar-refractivity contribution in [2.24, 2.45) is 0 Å². The van der Waals surface area contributed by atoms with Gasteiger partial charge >= 0.3 is 6.09 Å². The molecule has 1 aliphatic rings. The Balaban J connectivity index is 1.82. The van der Waals surface area contributed by atoms with Crippen LogP contribution in [-0.2, 0) is 11.2 Å². The molecule has 8 heteroatoms. The van der Waals surface area contributed by atoms with Crippen molar-refractivity contribution in [3.8, 4) is 0 Å². The SMILES string of the molecule is CN(C(=O)OC(C)(C)C)C1CCCc2ccc(NC(=O)c3cccc([N+](=O)[O-])c3)cc21. The summed E-state index contributed by atoms with van der Waals surface area (Å²) in [6, 6.07) is 11.1. The molecule has 0 radical (unpaired) electrons. The summed E-state index contributed by atoms with van der Waals surface area (Å²) in [7, 11) is 1.72. The van der Waals surface area contributed by atoms with Crippen LogP contribution in [0.5, 0.6) is 0 Å². The van der Waals surface area contributed by atoms with E-state index >= 15 is 0 Å². The molecule has 1 atom stereocenters.